The molecule has 1 saturated carbocycles. The van der Waals surface area contributed by atoms with Crippen LogP contribution in [-0.4, -0.2) is 33.8 Å². The highest BCUT2D eigenvalue weighted by Gasteiger charge is 2.30. The van der Waals surface area contributed by atoms with E-state index in [2.05, 4.69) is 28.8 Å². The molecule has 2 aliphatic rings. The summed E-state index contributed by atoms with van der Waals surface area (Å²) in [4.78, 5) is 2.51. The second kappa shape index (κ2) is 5.63. The minimum atomic E-state index is 0.539. The topological polar surface area (TPSA) is 47.1 Å². The molecule has 0 aromatic carbocycles. The van der Waals surface area contributed by atoms with Gasteiger partial charge < -0.3 is 5.73 Å². The summed E-state index contributed by atoms with van der Waals surface area (Å²) in [7, 11) is 0. The van der Waals surface area contributed by atoms with Gasteiger partial charge in [0.2, 0.25) is 0 Å². The molecule has 2 heterocycles. The van der Waals surface area contributed by atoms with Crippen LogP contribution < -0.4 is 5.73 Å². The van der Waals surface area contributed by atoms with Gasteiger partial charge in [0.15, 0.2) is 0 Å². The van der Waals surface area contributed by atoms with E-state index in [4.69, 9.17) is 10.8 Å². The van der Waals surface area contributed by atoms with Crippen LogP contribution in [0, 0.1) is 5.92 Å². The van der Waals surface area contributed by atoms with Crippen LogP contribution in [0.25, 0.3) is 0 Å². The van der Waals surface area contributed by atoms with Crippen molar-refractivity contribution < 1.29 is 0 Å². The predicted molar refractivity (Wildman–Crippen MR) is 76.8 cm³/mol. The molecule has 19 heavy (non-hydrogen) atoms. The van der Waals surface area contributed by atoms with E-state index in [0.29, 0.717) is 12.1 Å². The molecule has 2 atom stereocenters. The highest BCUT2D eigenvalue weighted by molar-refractivity contribution is 5.02. The van der Waals surface area contributed by atoms with Gasteiger partial charge in [-0.2, -0.15) is 5.10 Å². The van der Waals surface area contributed by atoms with E-state index in [9.17, 15) is 0 Å². The standard InChI is InChI=1S/C15H26N4/c1-12-6-8-18(15(12)10-16)11-13-7-9-19(17-13)14-4-2-3-5-14/h7,9,12,14-15H,2-6,8,10-11,16H2,1H3. The average molecular weight is 262 g/mol. The fourth-order valence-electron chi connectivity index (χ4n) is 3.71. The second-order valence-electron chi connectivity index (χ2n) is 6.26. The van der Waals surface area contributed by atoms with Crippen molar-refractivity contribution in [2.75, 3.05) is 13.1 Å². The Hall–Kier alpha value is -0.870. The highest BCUT2D eigenvalue weighted by atomic mass is 15.3. The van der Waals surface area contributed by atoms with Crippen LogP contribution in [0.5, 0.6) is 0 Å². The van der Waals surface area contributed by atoms with E-state index < -0.39 is 0 Å². The summed E-state index contributed by atoms with van der Waals surface area (Å²) in [6.45, 7) is 5.21. The third-order valence-corrected chi connectivity index (χ3v) is 4.97. The van der Waals surface area contributed by atoms with Gasteiger partial charge in [-0.3, -0.25) is 9.58 Å². The van der Waals surface area contributed by atoms with Gasteiger partial charge in [0, 0.05) is 25.3 Å². The zero-order valence-electron chi connectivity index (χ0n) is 12.0. The van der Waals surface area contributed by atoms with Crippen LogP contribution in [0.2, 0.25) is 0 Å². The SMILES string of the molecule is CC1CCN(Cc2ccn(C3CCCC3)n2)C1CN. The summed E-state index contributed by atoms with van der Waals surface area (Å²) in [5.41, 5.74) is 7.11. The van der Waals surface area contributed by atoms with Crippen LogP contribution >= 0.6 is 0 Å². The Bertz CT molecular complexity index is 408. The average Bonchev–Trinajstić information content (AvgIpc) is 3.11. The van der Waals surface area contributed by atoms with Gasteiger partial charge in [-0.15, -0.1) is 0 Å². The molecule has 0 amide bonds. The van der Waals surface area contributed by atoms with Gasteiger partial charge in [-0.05, 0) is 37.8 Å². The van der Waals surface area contributed by atoms with E-state index in [1.54, 1.807) is 0 Å². The highest BCUT2D eigenvalue weighted by Crippen LogP contribution is 2.29. The van der Waals surface area contributed by atoms with Crippen LogP contribution in [0.3, 0.4) is 0 Å². The molecule has 1 aliphatic carbocycles. The number of likely N-dealkylation sites (tertiary alicyclic amines) is 1. The fraction of sp³-hybridized carbons (Fsp3) is 0.800. The summed E-state index contributed by atoms with van der Waals surface area (Å²) in [5.74, 6) is 0.724. The molecule has 2 fully saturated rings. The maximum absolute atomic E-state index is 5.91. The summed E-state index contributed by atoms with van der Waals surface area (Å²) >= 11 is 0. The molecule has 4 heteroatoms. The van der Waals surface area contributed by atoms with Crippen molar-refractivity contribution in [3.8, 4) is 0 Å². The number of nitrogens with zero attached hydrogens (tertiary/aromatic N) is 3. The summed E-state index contributed by atoms with van der Waals surface area (Å²) in [6, 6.07) is 3.38. The van der Waals surface area contributed by atoms with Crippen LogP contribution in [0.15, 0.2) is 12.3 Å². The first-order valence-corrected chi connectivity index (χ1v) is 7.76. The predicted octanol–water partition coefficient (Wildman–Crippen LogP) is 2.17. The van der Waals surface area contributed by atoms with Crippen LogP contribution in [-0.2, 0) is 6.54 Å². The number of hydrogen-bond donors (Lipinski definition) is 1. The summed E-state index contributed by atoms with van der Waals surface area (Å²) in [6.07, 6.45) is 8.76. The second-order valence-corrected chi connectivity index (χ2v) is 6.26. The van der Waals surface area contributed by atoms with E-state index in [1.807, 2.05) is 0 Å². The molecule has 4 nitrogen and oxygen atoms in total. The lowest BCUT2D eigenvalue weighted by Gasteiger charge is -2.24. The van der Waals surface area contributed by atoms with Crippen molar-refractivity contribution >= 4 is 0 Å². The van der Waals surface area contributed by atoms with Crippen LogP contribution in [0.1, 0.15) is 50.8 Å². The van der Waals surface area contributed by atoms with Gasteiger partial charge in [0.25, 0.3) is 0 Å². The Morgan fingerprint density at radius 2 is 2.11 bits per heavy atom. The Balaban J connectivity index is 1.63. The number of rotatable bonds is 4. The Morgan fingerprint density at radius 1 is 1.32 bits per heavy atom. The third-order valence-electron chi connectivity index (χ3n) is 4.97. The molecule has 0 spiro atoms. The molecular formula is C15H26N4. The quantitative estimate of drug-likeness (QED) is 0.904. The van der Waals surface area contributed by atoms with Crippen molar-refractivity contribution in [3.63, 3.8) is 0 Å². The van der Waals surface area contributed by atoms with E-state index >= 15 is 0 Å². The van der Waals surface area contributed by atoms with Crippen molar-refractivity contribution in [1.82, 2.24) is 14.7 Å². The number of hydrogen-bond acceptors (Lipinski definition) is 3. The largest absolute Gasteiger partial charge is 0.329 e. The molecule has 0 bridgehead atoms. The first-order valence-electron chi connectivity index (χ1n) is 7.76. The lowest BCUT2D eigenvalue weighted by molar-refractivity contribution is 0.225. The molecule has 0 radical (unpaired) electrons. The molecule has 3 rings (SSSR count). The Labute approximate surface area is 116 Å². The van der Waals surface area contributed by atoms with Gasteiger partial charge in [0.1, 0.15) is 0 Å². The maximum atomic E-state index is 5.91. The molecule has 2 N–H and O–H groups in total. The first kappa shape index (κ1) is 13.1. The van der Waals surface area contributed by atoms with Gasteiger partial charge in [-0.25, -0.2) is 0 Å². The Kier molecular flexibility index (Phi) is 3.89. The van der Waals surface area contributed by atoms with Gasteiger partial charge in [0.05, 0.1) is 11.7 Å². The normalized spacial score (nSPS) is 29.4. The Morgan fingerprint density at radius 3 is 2.84 bits per heavy atom. The van der Waals surface area contributed by atoms with Gasteiger partial charge in [-0.1, -0.05) is 19.8 Å². The molecule has 1 saturated heterocycles. The fourth-order valence-corrected chi connectivity index (χ4v) is 3.71. The zero-order valence-corrected chi connectivity index (χ0v) is 12.0. The van der Waals surface area contributed by atoms with Crippen molar-refractivity contribution in [2.45, 2.75) is 57.7 Å². The van der Waals surface area contributed by atoms with E-state index in [1.165, 1.54) is 44.3 Å². The third kappa shape index (κ3) is 2.70. The molecule has 1 aliphatic heterocycles. The minimum absolute atomic E-state index is 0.539. The minimum Gasteiger partial charge on any atom is -0.329 e. The van der Waals surface area contributed by atoms with Crippen molar-refractivity contribution in [3.05, 3.63) is 18.0 Å². The monoisotopic (exact) mass is 262 g/mol. The summed E-state index contributed by atoms with van der Waals surface area (Å²) < 4.78 is 2.19. The smallest absolute Gasteiger partial charge is 0.0765 e. The molecule has 106 valence electrons. The van der Waals surface area contributed by atoms with Crippen LogP contribution in [0.4, 0.5) is 0 Å². The van der Waals surface area contributed by atoms with Gasteiger partial charge >= 0.3 is 0 Å². The lowest BCUT2D eigenvalue weighted by Crippen LogP contribution is -2.37. The number of nitrogens with two attached hydrogens (primary N) is 1. The van der Waals surface area contributed by atoms with E-state index in [-0.39, 0.29) is 0 Å². The number of aromatic nitrogens is 2. The zero-order chi connectivity index (χ0) is 13.2. The first-order chi connectivity index (χ1) is 9.28. The summed E-state index contributed by atoms with van der Waals surface area (Å²) in [5, 5.41) is 4.78. The van der Waals surface area contributed by atoms with E-state index in [0.717, 1.165) is 19.0 Å². The lowest BCUT2D eigenvalue weighted by atomic mass is 10.0. The molecule has 2 unspecified atom stereocenters. The molecule has 1 aromatic rings. The van der Waals surface area contributed by atoms with Crippen molar-refractivity contribution in [2.24, 2.45) is 11.7 Å². The maximum Gasteiger partial charge on any atom is 0.0765 e. The van der Waals surface area contributed by atoms with Crippen molar-refractivity contribution in [1.29, 1.82) is 0 Å². The molecule has 1 aromatic heterocycles. The molecular weight excluding hydrogens is 236 g/mol.